The third-order valence-corrected chi connectivity index (χ3v) is 15.4. The molecule has 0 aromatic heterocycles. The van der Waals surface area contributed by atoms with Crippen LogP contribution in [-0.2, 0) is 0 Å². The largest absolute Gasteiger partial charge is 0.311 e. The lowest BCUT2D eigenvalue weighted by atomic mass is 9.33. The van der Waals surface area contributed by atoms with Gasteiger partial charge in [0, 0.05) is 68.2 Å². The molecule has 0 atom stereocenters. The topological polar surface area (TPSA) is 13.0 Å². The molecule has 6 heteroatoms. The van der Waals surface area contributed by atoms with E-state index in [0.29, 0.717) is 0 Å². The molecule has 0 fully saturated rings. The van der Waals surface area contributed by atoms with E-state index in [1.165, 1.54) is 101 Å². The summed E-state index contributed by atoms with van der Waals surface area (Å²) in [5, 5.41) is 0. The van der Waals surface area contributed by atoms with E-state index in [1.807, 2.05) is 0 Å². The number of benzene rings is 11. The van der Waals surface area contributed by atoms with Gasteiger partial charge in [-0.15, -0.1) is 0 Å². The Labute approximate surface area is 421 Å². The zero-order chi connectivity index (χ0) is 47.3. The molecule has 4 nitrogen and oxygen atoms in total. The number of hydrogen-bond donors (Lipinski definition) is 0. The number of hydrogen-bond acceptors (Lipinski definition) is 4. The van der Waals surface area contributed by atoms with Crippen LogP contribution < -0.4 is 52.4 Å². The molecule has 0 saturated carbocycles. The molecule has 0 aliphatic carbocycles. The van der Waals surface area contributed by atoms with Gasteiger partial charge >= 0.3 is 0 Å². The van der Waals surface area contributed by atoms with Crippen molar-refractivity contribution in [3.8, 4) is 22.3 Å². The number of nitrogens with zero attached hydrogens (tertiary/aromatic N) is 4. The predicted molar refractivity (Wildman–Crippen MR) is 305 cm³/mol. The Kier molecular flexibility index (Phi) is 9.12. The molecule has 0 spiro atoms. The first-order valence-electron chi connectivity index (χ1n) is 25.0. The second-order valence-corrected chi connectivity index (χ2v) is 19.2. The molecule has 0 saturated heterocycles. The first kappa shape index (κ1) is 40.6. The molecular formula is C66H44B2N4. The van der Waals surface area contributed by atoms with Crippen LogP contribution in [-0.4, -0.2) is 13.4 Å². The summed E-state index contributed by atoms with van der Waals surface area (Å²) in [4.78, 5) is 9.85. The van der Waals surface area contributed by atoms with Crippen molar-refractivity contribution in [2.24, 2.45) is 0 Å². The molecule has 0 radical (unpaired) electrons. The van der Waals surface area contributed by atoms with Crippen LogP contribution in [0.25, 0.3) is 22.3 Å². The molecule has 4 heterocycles. The van der Waals surface area contributed by atoms with Crippen molar-refractivity contribution < 1.29 is 0 Å². The summed E-state index contributed by atoms with van der Waals surface area (Å²) in [6, 6.07) is 98.5. The Hall–Kier alpha value is -9.25. The summed E-state index contributed by atoms with van der Waals surface area (Å²) in [6.45, 7) is 0.0604. The fourth-order valence-corrected chi connectivity index (χ4v) is 12.4. The third-order valence-electron chi connectivity index (χ3n) is 15.4. The minimum Gasteiger partial charge on any atom is -0.311 e. The summed E-state index contributed by atoms with van der Waals surface area (Å²) < 4.78 is 0. The zero-order valence-electron chi connectivity index (χ0n) is 39.3. The first-order valence-corrected chi connectivity index (χ1v) is 25.0. The second kappa shape index (κ2) is 16.2. The standard InChI is InChI=1S/C66H44B2N4/c1-5-22-49(23-6-1)69-57-32-15-13-30-53(57)67-55-43-47(38-40-59(55)71(51-26-9-3-10-27-51)63-36-18-34-61(69)65(63)67)45-20-17-21-46(42-45)48-39-41-60-56(44-48)68-54-31-14-16-33-58(54)70(50-24-7-2-8-25-50)62-35-19-37-64(66(62)68)72(60)52-28-11-4-12-29-52/h1-44H. The van der Waals surface area contributed by atoms with Crippen LogP contribution in [0.2, 0.25) is 0 Å². The average molecular weight is 915 g/mol. The van der Waals surface area contributed by atoms with Gasteiger partial charge in [0.25, 0.3) is 13.4 Å². The number of anilines is 12. The molecule has 0 amide bonds. The normalized spacial score (nSPS) is 13.4. The van der Waals surface area contributed by atoms with E-state index in [1.54, 1.807) is 0 Å². The van der Waals surface area contributed by atoms with E-state index in [-0.39, 0.29) is 13.4 Å². The molecule has 11 aromatic rings. The Balaban J connectivity index is 0.889. The van der Waals surface area contributed by atoms with Gasteiger partial charge in [0.05, 0.1) is 0 Å². The van der Waals surface area contributed by atoms with Gasteiger partial charge < -0.3 is 19.6 Å². The summed E-state index contributed by atoms with van der Waals surface area (Å²) in [5.74, 6) is 0. The van der Waals surface area contributed by atoms with Crippen molar-refractivity contribution in [2.45, 2.75) is 0 Å². The van der Waals surface area contributed by atoms with Crippen molar-refractivity contribution in [3.63, 3.8) is 0 Å². The van der Waals surface area contributed by atoms with E-state index in [4.69, 9.17) is 0 Å². The van der Waals surface area contributed by atoms with Crippen LogP contribution in [0, 0.1) is 0 Å². The monoisotopic (exact) mass is 914 g/mol. The van der Waals surface area contributed by atoms with Crippen LogP contribution in [0.4, 0.5) is 68.2 Å². The van der Waals surface area contributed by atoms with Crippen LogP contribution in [0.1, 0.15) is 0 Å². The fourth-order valence-electron chi connectivity index (χ4n) is 12.4. The van der Waals surface area contributed by atoms with E-state index in [2.05, 4.69) is 287 Å². The van der Waals surface area contributed by atoms with Gasteiger partial charge in [0.1, 0.15) is 0 Å². The minimum absolute atomic E-state index is 0.0302. The first-order chi connectivity index (χ1) is 35.8. The van der Waals surface area contributed by atoms with Crippen molar-refractivity contribution in [1.82, 2.24) is 0 Å². The van der Waals surface area contributed by atoms with Crippen molar-refractivity contribution in [2.75, 3.05) is 19.6 Å². The highest BCUT2D eigenvalue weighted by molar-refractivity contribution is 7.01. The molecule has 11 aromatic carbocycles. The van der Waals surface area contributed by atoms with Crippen LogP contribution in [0.5, 0.6) is 0 Å². The fraction of sp³-hybridized carbons (Fsp3) is 0. The maximum Gasteiger partial charge on any atom is 0.252 e. The summed E-state index contributed by atoms with van der Waals surface area (Å²) in [6.07, 6.45) is 0. The van der Waals surface area contributed by atoms with Crippen molar-refractivity contribution in [3.05, 3.63) is 267 Å². The summed E-state index contributed by atoms with van der Waals surface area (Å²) >= 11 is 0. The zero-order valence-corrected chi connectivity index (χ0v) is 39.3. The Bertz CT molecular complexity index is 3640. The molecule has 334 valence electrons. The lowest BCUT2D eigenvalue weighted by molar-refractivity contribution is 1.25. The van der Waals surface area contributed by atoms with Gasteiger partial charge in [-0.1, -0.05) is 164 Å². The van der Waals surface area contributed by atoms with E-state index >= 15 is 0 Å². The second-order valence-electron chi connectivity index (χ2n) is 19.2. The SMILES string of the molecule is c1ccc(N2c3ccccc3B3c4cc(-c5cccc(-c6ccc7c(c6)B6c8ccccc8N(c8ccccc8)c8cccc(c86)N7c6ccccc6)c5)ccc4N(c4ccccc4)c4cccc2c43)cc1. The Morgan fingerprint density at radius 1 is 0.194 bits per heavy atom. The summed E-state index contributed by atoms with van der Waals surface area (Å²) in [5.41, 5.74) is 26.9. The van der Waals surface area contributed by atoms with Gasteiger partial charge in [-0.25, -0.2) is 0 Å². The average Bonchev–Trinajstić information content (AvgIpc) is 3.46. The minimum atomic E-state index is 0.0302. The van der Waals surface area contributed by atoms with Gasteiger partial charge in [0.2, 0.25) is 0 Å². The quantitative estimate of drug-likeness (QED) is 0.154. The summed E-state index contributed by atoms with van der Waals surface area (Å²) in [7, 11) is 0. The van der Waals surface area contributed by atoms with Crippen LogP contribution >= 0.6 is 0 Å². The Morgan fingerprint density at radius 2 is 0.472 bits per heavy atom. The maximum atomic E-state index is 2.48. The number of fused-ring (bicyclic) bond motifs is 8. The lowest BCUT2D eigenvalue weighted by Gasteiger charge is -2.44. The maximum absolute atomic E-state index is 2.48. The van der Waals surface area contributed by atoms with Gasteiger partial charge in [-0.3, -0.25) is 0 Å². The molecular weight excluding hydrogens is 870 g/mol. The predicted octanol–water partition coefficient (Wildman–Crippen LogP) is 13.2. The molecule has 4 aliphatic heterocycles. The molecule has 0 bridgehead atoms. The van der Waals surface area contributed by atoms with Crippen LogP contribution in [0.15, 0.2) is 267 Å². The van der Waals surface area contributed by atoms with Gasteiger partial charge in [-0.2, -0.15) is 0 Å². The van der Waals surface area contributed by atoms with Crippen LogP contribution in [0.3, 0.4) is 0 Å². The van der Waals surface area contributed by atoms with E-state index in [9.17, 15) is 0 Å². The highest BCUT2D eigenvalue weighted by atomic mass is 15.2. The molecule has 0 unspecified atom stereocenters. The Morgan fingerprint density at radius 3 is 0.833 bits per heavy atom. The molecule has 0 N–H and O–H groups in total. The molecule has 4 aliphatic rings. The third kappa shape index (κ3) is 6.09. The molecule has 72 heavy (non-hydrogen) atoms. The van der Waals surface area contributed by atoms with Gasteiger partial charge in [0.15, 0.2) is 0 Å². The van der Waals surface area contributed by atoms with Crippen molar-refractivity contribution in [1.29, 1.82) is 0 Å². The van der Waals surface area contributed by atoms with E-state index in [0.717, 1.165) is 22.7 Å². The smallest absolute Gasteiger partial charge is 0.252 e. The van der Waals surface area contributed by atoms with Gasteiger partial charge in [-0.05, 0) is 158 Å². The number of para-hydroxylation sites is 6. The highest BCUT2D eigenvalue weighted by Gasteiger charge is 2.45. The van der Waals surface area contributed by atoms with E-state index < -0.39 is 0 Å². The number of rotatable bonds is 6. The lowest BCUT2D eigenvalue weighted by Crippen LogP contribution is -2.61. The van der Waals surface area contributed by atoms with Crippen molar-refractivity contribution >= 4 is 114 Å². The molecule has 15 rings (SSSR count). The highest BCUT2D eigenvalue weighted by Crippen LogP contribution is 2.46.